The Morgan fingerprint density at radius 1 is 0.756 bits per heavy atom. The molecule has 41 heavy (non-hydrogen) atoms. The Balaban J connectivity index is 0.00000154. The number of nitrogens with one attached hydrogen (secondary N) is 2. The van der Waals surface area contributed by atoms with E-state index in [0.29, 0.717) is 16.9 Å². The van der Waals surface area contributed by atoms with E-state index in [0.717, 1.165) is 49.1 Å². The molecule has 9 heteroatoms. The second-order valence-electron chi connectivity index (χ2n) is 13.3. The quantitative estimate of drug-likeness (QED) is 0.101. The Labute approximate surface area is 251 Å². The largest absolute Gasteiger partial charge is 0.455 e. The van der Waals surface area contributed by atoms with Gasteiger partial charge in [-0.1, -0.05) is 52.0 Å². The highest BCUT2D eigenvalue weighted by atomic mass is 28.4. The molecule has 2 aromatic carbocycles. The summed E-state index contributed by atoms with van der Waals surface area (Å²) in [6, 6.07) is 17.1. The minimum atomic E-state index is -1.79. The molecule has 0 saturated heterocycles. The first kappa shape index (κ1) is 36.7. The van der Waals surface area contributed by atoms with Crippen molar-refractivity contribution in [2.75, 3.05) is 26.7 Å². The van der Waals surface area contributed by atoms with Gasteiger partial charge in [-0.05, 0) is 112 Å². The number of esters is 2. The molecule has 230 valence electrons. The molecule has 7 nitrogen and oxygen atoms in total. The lowest BCUT2D eigenvalue weighted by molar-refractivity contribution is -0.133. The van der Waals surface area contributed by atoms with Crippen molar-refractivity contribution in [1.82, 2.24) is 10.6 Å². The second kappa shape index (κ2) is 17.6. The molecule has 0 fully saturated rings. The van der Waals surface area contributed by atoms with Gasteiger partial charge in [0.2, 0.25) is 0 Å². The van der Waals surface area contributed by atoms with Crippen LogP contribution < -0.4 is 20.1 Å². The molecule has 0 amide bonds. The van der Waals surface area contributed by atoms with Crippen LogP contribution in [-0.4, -0.2) is 55.3 Å². The molecule has 0 bridgehead atoms. The fraction of sp³-hybridized carbons (Fsp3) is 0.562. The SMILES string of the molecule is CC(C)(C)C.CNCCC[Si](C)(C)O[Si](C)(C)CCNCC(=O)Oc1ccc(Cc2ccc(OC(C)=O)cc2)cc1. The average Bonchev–Trinajstić information content (AvgIpc) is 2.82. The molecule has 0 aromatic heterocycles. The predicted molar refractivity (Wildman–Crippen MR) is 175 cm³/mol. The molecule has 2 N–H and O–H groups in total. The van der Waals surface area contributed by atoms with Crippen LogP contribution in [0.5, 0.6) is 11.5 Å². The topological polar surface area (TPSA) is 85.9 Å². The third-order valence-corrected chi connectivity index (χ3v) is 13.1. The number of ether oxygens (including phenoxy) is 2. The van der Waals surface area contributed by atoms with Crippen molar-refractivity contribution in [3.05, 3.63) is 59.7 Å². The number of hydrogen-bond acceptors (Lipinski definition) is 7. The highest BCUT2D eigenvalue weighted by molar-refractivity contribution is 6.84. The van der Waals surface area contributed by atoms with E-state index < -0.39 is 16.6 Å². The summed E-state index contributed by atoms with van der Waals surface area (Å²) in [6.45, 7) is 21.2. The minimum Gasteiger partial charge on any atom is -0.455 e. The predicted octanol–water partition coefficient (Wildman–Crippen LogP) is 6.79. The van der Waals surface area contributed by atoms with Crippen LogP contribution in [-0.2, 0) is 20.1 Å². The third kappa shape index (κ3) is 19.4. The van der Waals surface area contributed by atoms with Gasteiger partial charge in [0.25, 0.3) is 0 Å². The summed E-state index contributed by atoms with van der Waals surface area (Å²) >= 11 is 0. The van der Waals surface area contributed by atoms with Gasteiger partial charge < -0.3 is 24.2 Å². The summed E-state index contributed by atoms with van der Waals surface area (Å²) in [4.78, 5) is 23.3. The molecule has 0 radical (unpaired) electrons. The first-order valence-corrected chi connectivity index (χ1v) is 20.8. The van der Waals surface area contributed by atoms with E-state index >= 15 is 0 Å². The number of hydrogen-bond donors (Lipinski definition) is 2. The van der Waals surface area contributed by atoms with E-state index in [-0.39, 0.29) is 18.5 Å². The minimum absolute atomic E-state index is 0.171. The van der Waals surface area contributed by atoms with Crippen molar-refractivity contribution < 1.29 is 23.2 Å². The fourth-order valence-electron chi connectivity index (χ4n) is 4.04. The van der Waals surface area contributed by atoms with E-state index in [1.54, 1.807) is 12.1 Å². The van der Waals surface area contributed by atoms with Gasteiger partial charge in [-0.3, -0.25) is 9.59 Å². The highest BCUT2D eigenvalue weighted by Crippen LogP contribution is 2.22. The average molecular weight is 603 g/mol. The summed E-state index contributed by atoms with van der Waals surface area (Å²) in [7, 11) is -1.47. The van der Waals surface area contributed by atoms with E-state index in [9.17, 15) is 9.59 Å². The Morgan fingerprint density at radius 3 is 1.68 bits per heavy atom. The molecular formula is C32H54N2O5Si2. The zero-order chi connectivity index (χ0) is 31.1. The molecule has 0 unspecified atom stereocenters. The maximum atomic E-state index is 12.3. The molecule has 2 rings (SSSR count). The monoisotopic (exact) mass is 602 g/mol. The van der Waals surface area contributed by atoms with Crippen LogP contribution in [0.25, 0.3) is 0 Å². The number of carbonyl (C=O) groups is 2. The highest BCUT2D eigenvalue weighted by Gasteiger charge is 2.32. The van der Waals surface area contributed by atoms with Crippen LogP contribution >= 0.6 is 0 Å². The van der Waals surface area contributed by atoms with Gasteiger partial charge in [-0.25, -0.2) is 0 Å². The van der Waals surface area contributed by atoms with Crippen molar-refractivity contribution in [2.24, 2.45) is 5.41 Å². The second-order valence-corrected chi connectivity index (χ2v) is 22.1. The maximum absolute atomic E-state index is 12.3. The van der Waals surface area contributed by atoms with Crippen LogP contribution in [0.3, 0.4) is 0 Å². The normalized spacial score (nSPS) is 11.9. The van der Waals surface area contributed by atoms with Crippen LogP contribution in [0, 0.1) is 5.41 Å². The summed E-state index contributed by atoms with van der Waals surface area (Å²) < 4.78 is 17.2. The first-order chi connectivity index (χ1) is 19.0. The summed E-state index contributed by atoms with van der Waals surface area (Å²) in [5.74, 6) is 0.431. The Hall–Kier alpha value is -2.31. The van der Waals surface area contributed by atoms with Gasteiger partial charge in [0.15, 0.2) is 16.6 Å². The van der Waals surface area contributed by atoms with Crippen molar-refractivity contribution in [3.8, 4) is 11.5 Å². The third-order valence-electron chi connectivity index (χ3n) is 5.68. The molecule has 0 aliphatic rings. The van der Waals surface area contributed by atoms with Crippen LogP contribution in [0.15, 0.2) is 48.5 Å². The van der Waals surface area contributed by atoms with E-state index in [4.69, 9.17) is 13.6 Å². The summed E-state index contributed by atoms with van der Waals surface area (Å²) in [5.41, 5.74) is 2.69. The zero-order valence-corrected chi connectivity index (χ0v) is 29.1. The van der Waals surface area contributed by atoms with Gasteiger partial charge in [0, 0.05) is 6.92 Å². The van der Waals surface area contributed by atoms with E-state index in [1.807, 2.05) is 43.4 Å². The molecule has 0 aliphatic heterocycles. The van der Waals surface area contributed by atoms with Crippen molar-refractivity contribution in [1.29, 1.82) is 0 Å². The van der Waals surface area contributed by atoms with Crippen molar-refractivity contribution in [3.63, 3.8) is 0 Å². The van der Waals surface area contributed by atoms with E-state index in [1.165, 1.54) is 6.92 Å². The summed E-state index contributed by atoms with van der Waals surface area (Å²) in [6.07, 6.45) is 1.88. The van der Waals surface area contributed by atoms with Crippen LogP contribution in [0.4, 0.5) is 0 Å². The lowest BCUT2D eigenvalue weighted by Crippen LogP contribution is -2.46. The molecular weight excluding hydrogens is 549 g/mol. The lowest BCUT2D eigenvalue weighted by Gasteiger charge is -2.34. The Bertz CT molecular complexity index is 1040. The Morgan fingerprint density at radius 2 is 1.22 bits per heavy atom. The molecule has 0 heterocycles. The lowest BCUT2D eigenvalue weighted by atomic mass is 10.0. The smallest absolute Gasteiger partial charge is 0.325 e. The molecule has 0 aliphatic carbocycles. The number of rotatable bonds is 15. The fourth-order valence-corrected chi connectivity index (χ4v) is 12.6. The summed E-state index contributed by atoms with van der Waals surface area (Å²) in [5, 5.41) is 6.42. The van der Waals surface area contributed by atoms with Crippen LogP contribution in [0.1, 0.15) is 52.2 Å². The van der Waals surface area contributed by atoms with Crippen molar-refractivity contribution in [2.45, 2.75) is 85.7 Å². The standard InChI is InChI=1S/C27H42N2O5Si2.C5H12/c1-22(30)32-25-12-8-23(9-13-25)20-24-10-14-26(15-11-24)33-27(31)21-29-17-19-36(5,6)34-35(3,4)18-7-16-28-2;1-5(2,3)4/h8-15,28-29H,7,16-21H2,1-6H3;1-4H3. The molecule has 2 aromatic rings. The number of benzene rings is 2. The molecule has 0 spiro atoms. The van der Waals surface area contributed by atoms with E-state index in [2.05, 4.69) is 64.5 Å². The van der Waals surface area contributed by atoms with Gasteiger partial charge in [-0.2, -0.15) is 0 Å². The Kier molecular flexibility index (Phi) is 15.8. The van der Waals surface area contributed by atoms with Crippen LogP contribution in [0.2, 0.25) is 38.3 Å². The van der Waals surface area contributed by atoms with Crippen molar-refractivity contribution >= 4 is 28.6 Å². The first-order valence-electron chi connectivity index (χ1n) is 14.6. The number of carbonyl (C=O) groups excluding carboxylic acids is 2. The zero-order valence-electron chi connectivity index (χ0n) is 27.1. The molecule has 0 saturated carbocycles. The molecule has 0 atom stereocenters. The van der Waals surface area contributed by atoms with Gasteiger partial charge in [0.1, 0.15) is 11.5 Å². The van der Waals surface area contributed by atoms with Gasteiger partial charge in [-0.15, -0.1) is 0 Å². The van der Waals surface area contributed by atoms with Gasteiger partial charge in [0.05, 0.1) is 6.54 Å². The van der Waals surface area contributed by atoms with Gasteiger partial charge >= 0.3 is 11.9 Å². The maximum Gasteiger partial charge on any atom is 0.325 e.